The normalized spacial score (nSPS) is 10.7. The Labute approximate surface area is 130 Å². The lowest BCUT2D eigenvalue weighted by atomic mass is 10.2. The number of hydrogen-bond acceptors (Lipinski definition) is 7. The molecule has 0 spiro atoms. The molecule has 0 saturated heterocycles. The SMILES string of the molecule is Cc1cc(N)nc(SCc2nnc(-c3ccccc3)s2)n1. The molecule has 0 aliphatic carbocycles. The molecular formula is C14H13N5S2. The Morgan fingerprint density at radius 2 is 1.95 bits per heavy atom. The van der Waals surface area contributed by atoms with Gasteiger partial charge in [0.05, 0.1) is 5.75 Å². The second kappa shape index (κ2) is 6.19. The van der Waals surface area contributed by atoms with Crippen LogP contribution < -0.4 is 5.73 Å². The Morgan fingerprint density at radius 1 is 1.14 bits per heavy atom. The van der Waals surface area contributed by atoms with Gasteiger partial charge in [0.25, 0.3) is 0 Å². The predicted molar refractivity (Wildman–Crippen MR) is 86.1 cm³/mol. The van der Waals surface area contributed by atoms with Gasteiger partial charge in [0.2, 0.25) is 0 Å². The van der Waals surface area contributed by atoms with Crippen LogP contribution in [0.3, 0.4) is 0 Å². The molecule has 2 aromatic heterocycles. The Morgan fingerprint density at radius 3 is 2.71 bits per heavy atom. The van der Waals surface area contributed by atoms with Crippen LogP contribution in [0.1, 0.15) is 10.7 Å². The van der Waals surface area contributed by atoms with Crippen LogP contribution in [0.4, 0.5) is 5.82 Å². The van der Waals surface area contributed by atoms with Crippen molar-refractivity contribution in [2.75, 3.05) is 5.73 Å². The van der Waals surface area contributed by atoms with Gasteiger partial charge in [0, 0.05) is 17.3 Å². The number of aromatic nitrogens is 4. The second-order valence-corrected chi connectivity index (χ2v) is 6.38. The molecule has 0 saturated carbocycles. The molecule has 2 heterocycles. The van der Waals surface area contributed by atoms with Crippen molar-refractivity contribution in [3.8, 4) is 10.6 Å². The average Bonchev–Trinajstić information content (AvgIpc) is 2.94. The van der Waals surface area contributed by atoms with Crippen molar-refractivity contribution in [1.29, 1.82) is 0 Å². The third-order valence-electron chi connectivity index (χ3n) is 2.67. The first-order chi connectivity index (χ1) is 10.2. The van der Waals surface area contributed by atoms with Gasteiger partial charge < -0.3 is 5.73 Å². The van der Waals surface area contributed by atoms with E-state index in [-0.39, 0.29) is 0 Å². The van der Waals surface area contributed by atoms with Crippen molar-refractivity contribution >= 4 is 28.9 Å². The quantitative estimate of drug-likeness (QED) is 0.588. The Bertz CT molecular complexity index is 722. The fraction of sp³-hybridized carbons (Fsp3) is 0.143. The van der Waals surface area contributed by atoms with Gasteiger partial charge in [-0.1, -0.05) is 53.4 Å². The summed E-state index contributed by atoms with van der Waals surface area (Å²) in [5.74, 6) is 1.18. The van der Waals surface area contributed by atoms with E-state index in [0.29, 0.717) is 16.7 Å². The van der Waals surface area contributed by atoms with Crippen LogP contribution >= 0.6 is 23.1 Å². The van der Waals surface area contributed by atoms with Crippen LogP contribution in [-0.4, -0.2) is 20.2 Å². The first kappa shape index (κ1) is 14.0. The molecule has 0 fully saturated rings. The standard InChI is InChI=1S/C14H13N5S2/c1-9-7-11(15)17-14(16-9)20-8-12-18-19-13(21-12)10-5-3-2-4-6-10/h2-7H,8H2,1H3,(H2,15,16,17). The minimum absolute atomic E-state index is 0.493. The lowest BCUT2D eigenvalue weighted by Gasteiger charge is -2.00. The van der Waals surface area contributed by atoms with Crippen LogP contribution in [0.25, 0.3) is 10.6 Å². The summed E-state index contributed by atoms with van der Waals surface area (Å²) in [6, 6.07) is 11.8. The molecule has 21 heavy (non-hydrogen) atoms. The van der Waals surface area contributed by atoms with E-state index in [1.165, 1.54) is 11.8 Å². The van der Waals surface area contributed by atoms with Crippen molar-refractivity contribution in [1.82, 2.24) is 20.2 Å². The lowest BCUT2D eigenvalue weighted by molar-refractivity contribution is 0.938. The maximum absolute atomic E-state index is 5.72. The fourth-order valence-electron chi connectivity index (χ4n) is 1.77. The minimum Gasteiger partial charge on any atom is -0.384 e. The largest absolute Gasteiger partial charge is 0.384 e. The summed E-state index contributed by atoms with van der Waals surface area (Å²) in [5.41, 5.74) is 7.67. The molecular weight excluding hydrogens is 302 g/mol. The Balaban J connectivity index is 1.70. The van der Waals surface area contributed by atoms with Gasteiger partial charge in [-0.25, -0.2) is 9.97 Å². The summed E-state index contributed by atoms with van der Waals surface area (Å²) in [4.78, 5) is 8.54. The molecule has 0 amide bonds. The predicted octanol–water partition coefficient (Wildman–Crippen LogP) is 3.18. The summed E-state index contributed by atoms with van der Waals surface area (Å²) < 4.78 is 0. The minimum atomic E-state index is 0.493. The Kier molecular flexibility index (Phi) is 4.12. The zero-order valence-corrected chi connectivity index (χ0v) is 13.0. The number of anilines is 1. The molecule has 0 bridgehead atoms. The van der Waals surface area contributed by atoms with Crippen LogP contribution in [0.15, 0.2) is 41.6 Å². The third-order valence-corrected chi connectivity index (χ3v) is 4.68. The van der Waals surface area contributed by atoms with Gasteiger partial charge >= 0.3 is 0 Å². The van der Waals surface area contributed by atoms with E-state index in [9.17, 15) is 0 Å². The van der Waals surface area contributed by atoms with Gasteiger partial charge in [0.1, 0.15) is 15.8 Å². The van der Waals surface area contributed by atoms with E-state index in [2.05, 4.69) is 20.2 Å². The molecule has 2 N–H and O–H groups in total. The first-order valence-electron chi connectivity index (χ1n) is 6.32. The number of benzene rings is 1. The Hall–Kier alpha value is -1.99. The highest BCUT2D eigenvalue weighted by Gasteiger charge is 2.08. The van der Waals surface area contributed by atoms with Crippen molar-refractivity contribution in [2.24, 2.45) is 0 Å². The van der Waals surface area contributed by atoms with E-state index in [0.717, 1.165) is 21.3 Å². The molecule has 3 aromatic rings. The van der Waals surface area contributed by atoms with Gasteiger partial charge in [0.15, 0.2) is 5.16 Å². The van der Waals surface area contributed by atoms with E-state index in [1.807, 2.05) is 37.3 Å². The number of nitrogens with two attached hydrogens (primary N) is 1. The maximum Gasteiger partial charge on any atom is 0.190 e. The summed E-state index contributed by atoms with van der Waals surface area (Å²) in [6.07, 6.45) is 0. The number of aryl methyl sites for hydroxylation is 1. The molecule has 0 aliphatic rings. The second-order valence-electron chi connectivity index (χ2n) is 4.37. The summed E-state index contributed by atoms with van der Waals surface area (Å²) in [5, 5.41) is 11.0. The molecule has 1 aromatic carbocycles. The molecule has 0 unspecified atom stereocenters. The monoisotopic (exact) mass is 315 g/mol. The average molecular weight is 315 g/mol. The molecule has 0 aliphatic heterocycles. The van der Waals surface area contributed by atoms with Crippen molar-refractivity contribution in [3.63, 3.8) is 0 Å². The van der Waals surface area contributed by atoms with Gasteiger partial charge in [-0.05, 0) is 6.92 Å². The van der Waals surface area contributed by atoms with Gasteiger partial charge in [-0.15, -0.1) is 10.2 Å². The highest BCUT2D eigenvalue weighted by atomic mass is 32.2. The summed E-state index contributed by atoms with van der Waals surface area (Å²) >= 11 is 3.10. The highest BCUT2D eigenvalue weighted by Crippen LogP contribution is 2.27. The third kappa shape index (κ3) is 3.56. The fourth-order valence-corrected chi connectivity index (χ4v) is 3.51. The smallest absolute Gasteiger partial charge is 0.190 e. The van der Waals surface area contributed by atoms with Crippen LogP contribution in [0, 0.1) is 6.92 Å². The van der Waals surface area contributed by atoms with Crippen LogP contribution in [-0.2, 0) is 5.75 Å². The summed E-state index contributed by atoms with van der Waals surface area (Å²) in [6.45, 7) is 1.90. The molecule has 3 rings (SSSR count). The summed E-state index contributed by atoms with van der Waals surface area (Å²) in [7, 11) is 0. The van der Waals surface area contributed by atoms with Crippen LogP contribution in [0.5, 0.6) is 0 Å². The molecule has 5 nitrogen and oxygen atoms in total. The molecule has 106 valence electrons. The maximum atomic E-state index is 5.72. The first-order valence-corrected chi connectivity index (χ1v) is 8.13. The molecule has 7 heteroatoms. The van der Waals surface area contributed by atoms with Gasteiger partial charge in [-0.2, -0.15) is 0 Å². The van der Waals surface area contributed by atoms with Crippen LogP contribution in [0.2, 0.25) is 0 Å². The number of hydrogen-bond donors (Lipinski definition) is 1. The number of nitrogens with zero attached hydrogens (tertiary/aromatic N) is 4. The van der Waals surface area contributed by atoms with Crippen molar-refractivity contribution < 1.29 is 0 Å². The zero-order chi connectivity index (χ0) is 14.7. The van der Waals surface area contributed by atoms with Gasteiger partial charge in [-0.3, -0.25) is 0 Å². The zero-order valence-electron chi connectivity index (χ0n) is 11.4. The van der Waals surface area contributed by atoms with E-state index >= 15 is 0 Å². The number of nitrogen functional groups attached to an aromatic ring is 1. The van der Waals surface area contributed by atoms with Crippen molar-refractivity contribution in [2.45, 2.75) is 17.8 Å². The van der Waals surface area contributed by atoms with E-state index in [4.69, 9.17) is 5.73 Å². The number of rotatable bonds is 4. The van der Waals surface area contributed by atoms with E-state index < -0.39 is 0 Å². The van der Waals surface area contributed by atoms with Crippen molar-refractivity contribution in [3.05, 3.63) is 47.1 Å². The highest BCUT2D eigenvalue weighted by molar-refractivity contribution is 7.98. The lowest BCUT2D eigenvalue weighted by Crippen LogP contribution is -1.96. The molecule has 0 atom stereocenters. The molecule has 0 radical (unpaired) electrons. The topological polar surface area (TPSA) is 77.6 Å². The van der Waals surface area contributed by atoms with E-state index in [1.54, 1.807) is 17.4 Å². The number of thioether (sulfide) groups is 1.